The summed E-state index contributed by atoms with van der Waals surface area (Å²) in [6.45, 7) is 14.2. The first-order valence-corrected chi connectivity index (χ1v) is 12.6. The van der Waals surface area contributed by atoms with Crippen molar-refractivity contribution in [2.45, 2.75) is 64.2 Å². The molecule has 1 fully saturated rings. The summed E-state index contributed by atoms with van der Waals surface area (Å²) in [5.74, 6) is 0.842. The van der Waals surface area contributed by atoms with Crippen molar-refractivity contribution in [1.29, 1.82) is 0 Å². The van der Waals surface area contributed by atoms with Crippen LogP contribution in [0.1, 0.15) is 63.5 Å². The van der Waals surface area contributed by atoms with Crippen LogP contribution in [0.25, 0.3) is 4.91 Å². The van der Waals surface area contributed by atoms with Gasteiger partial charge in [-0.05, 0) is 56.7 Å². The molecule has 1 aliphatic carbocycles. The third-order valence-corrected chi connectivity index (χ3v) is 7.61. The van der Waals surface area contributed by atoms with Crippen LogP contribution in [-0.2, 0) is 9.84 Å². The first kappa shape index (κ1) is 22.8. The Kier molecular flexibility index (Phi) is 8.02. The molecule has 0 aliphatic heterocycles. The van der Waals surface area contributed by atoms with E-state index < -0.39 is 9.84 Å². The number of hydrogen-bond acceptors (Lipinski definition) is 4. The number of aryl methyl sites for hydroxylation is 1. The molecule has 0 aromatic heterocycles. The lowest BCUT2D eigenvalue weighted by molar-refractivity contribution is 0.498. The van der Waals surface area contributed by atoms with E-state index in [0.717, 1.165) is 44.7 Å². The van der Waals surface area contributed by atoms with Crippen molar-refractivity contribution < 1.29 is 8.42 Å². The predicted molar refractivity (Wildman–Crippen MR) is 123 cm³/mol. The van der Waals surface area contributed by atoms with Crippen molar-refractivity contribution in [2.75, 3.05) is 6.26 Å². The second-order valence-electron chi connectivity index (χ2n) is 8.02. The number of nitrogens with one attached hydrogen (secondary N) is 1. The summed E-state index contributed by atoms with van der Waals surface area (Å²) < 4.78 is 24.2. The van der Waals surface area contributed by atoms with Crippen LogP contribution in [-0.4, -0.2) is 14.7 Å². The maximum atomic E-state index is 12.1. The molecule has 0 unspecified atom stereocenters. The van der Waals surface area contributed by atoms with Gasteiger partial charge in [0.2, 0.25) is 0 Å². The number of thioether (sulfide) groups is 1. The van der Waals surface area contributed by atoms with E-state index in [4.69, 9.17) is 0 Å². The molecule has 3 nitrogen and oxygen atoms in total. The molecule has 1 aromatic rings. The van der Waals surface area contributed by atoms with Gasteiger partial charge in [-0.3, -0.25) is 0 Å². The molecule has 1 aliphatic rings. The molecular formula is C23H33NO2S2. The average molecular weight is 420 g/mol. The van der Waals surface area contributed by atoms with Crippen molar-refractivity contribution in [3.8, 4) is 0 Å². The van der Waals surface area contributed by atoms with Crippen LogP contribution in [0, 0.1) is 12.8 Å². The highest BCUT2D eigenvalue weighted by atomic mass is 32.2. The maximum Gasteiger partial charge on any atom is 0.175 e. The third-order valence-electron chi connectivity index (χ3n) is 5.17. The van der Waals surface area contributed by atoms with Gasteiger partial charge in [-0.25, -0.2) is 8.42 Å². The molecule has 0 heterocycles. The van der Waals surface area contributed by atoms with Gasteiger partial charge in [-0.2, -0.15) is 0 Å². The minimum atomic E-state index is -3.26. The van der Waals surface area contributed by atoms with Gasteiger partial charge >= 0.3 is 0 Å². The molecule has 0 bridgehead atoms. The first-order chi connectivity index (χ1) is 13.1. The van der Waals surface area contributed by atoms with Gasteiger partial charge in [0, 0.05) is 16.9 Å². The highest BCUT2D eigenvalue weighted by molar-refractivity contribution is 8.11. The number of rotatable bonds is 9. The molecule has 0 spiro atoms. The molecule has 1 aromatic carbocycles. The van der Waals surface area contributed by atoms with Crippen molar-refractivity contribution in [3.63, 3.8) is 0 Å². The minimum Gasteiger partial charge on any atom is -0.354 e. The smallest absolute Gasteiger partial charge is 0.175 e. The largest absolute Gasteiger partial charge is 0.354 e. The van der Waals surface area contributed by atoms with E-state index >= 15 is 0 Å². The molecule has 0 atom stereocenters. The molecule has 5 heteroatoms. The van der Waals surface area contributed by atoms with Crippen LogP contribution in [0.4, 0.5) is 0 Å². The second-order valence-corrected chi connectivity index (χ2v) is 11.1. The molecule has 0 radical (unpaired) electrons. The Bertz CT molecular complexity index is 872. The number of benzene rings is 1. The van der Waals surface area contributed by atoms with E-state index in [1.165, 1.54) is 50.1 Å². The van der Waals surface area contributed by atoms with E-state index in [-0.39, 0.29) is 0 Å². The maximum absolute atomic E-state index is 12.1. The fourth-order valence-electron chi connectivity index (χ4n) is 3.68. The average Bonchev–Trinajstić information content (AvgIpc) is 3.11. The van der Waals surface area contributed by atoms with Crippen molar-refractivity contribution in [1.82, 2.24) is 5.32 Å². The normalized spacial score (nSPS) is 14.7. The van der Waals surface area contributed by atoms with E-state index in [0.29, 0.717) is 4.90 Å². The predicted octanol–water partition coefficient (Wildman–Crippen LogP) is 6.43. The number of hydrogen-bond donors (Lipinski definition) is 1. The molecule has 154 valence electrons. The standard InChI is InChI=1S/C23H33NO2S2/c1-16(2)23(21-14-11-17(3)22(15-21)28(6,25)26)27-19(5)24-18(4)12-13-20-9-7-8-10-20/h11,14-15,20,24H,4-5,7-10,12-13H2,1-3,6H3. The molecule has 0 amide bonds. The Balaban J connectivity index is 2.06. The minimum absolute atomic E-state index is 0.379. The summed E-state index contributed by atoms with van der Waals surface area (Å²) in [6, 6.07) is 5.61. The molecule has 28 heavy (non-hydrogen) atoms. The van der Waals surface area contributed by atoms with Gasteiger partial charge in [0.25, 0.3) is 0 Å². The van der Waals surface area contributed by atoms with Gasteiger partial charge in [-0.1, -0.05) is 68.3 Å². The summed E-state index contributed by atoms with van der Waals surface area (Å²) in [5.41, 5.74) is 3.78. The van der Waals surface area contributed by atoms with Crippen LogP contribution < -0.4 is 5.32 Å². The fraction of sp³-hybridized carbons (Fsp3) is 0.478. The van der Waals surface area contributed by atoms with E-state index in [1.807, 2.05) is 32.9 Å². The Labute approximate surface area is 175 Å². The summed E-state index contributed by atoms with van der Waals surface area (Å²) in [4.78, 5) is 1.40. The summed E-state index contributed by atoms with van der Waals surface area (Å²) in [7, 11) is -3.26. The molecule has 1 saturated carbocycles. The van der Waals surface area contributed by atoms with Gasteiger partial charge in [0.15, 0.2) is 9.84 Å². The Morgan fingerprint density at radius 1 is 1.21 bits per heavy atom. The topological polar surface area (TPSA) is 46.2 Å². The van der Waals surface area contributed by atoms with Crippen LogP contribution in [0.15, 0.2) is 52.6 Å². The molecular weight excluding hydrogens is 386 g/mol. The van der Waals surface area contributed by atoms with Crippen LogP contribution >= 0.6 is 11.8 Å². The lowest BCUT2D eigenvalue weighted by Crippen LogP contribution is -2.10. The summed E-state index contributed by atoms with van der Waals surface area (Å²) in [5, 5.41) is 4.15. The zero-order valence-electron chi connectivity index (χ0n) is 17.6. The van der Waals surface area contributed by atoms with Gasteiger partial charge in [0.05, 0.1) is 9.92 Å². The fourth-order valence-corrected chi connectivity index (χ4v) is 5.56. The molecule has 1 N–H and O–H groups in total. The molecule has 2 rings (SSSR count). The highest BCUT2D eigenvalue weighted by Crippen LogP contribution is 2.36. The quantitative estimate of drug-likeness (QED) is 0.501. The molecule has 0 saturated heterocycles. The van der Waals surface area contributed by atoms with Gasteiger partial charge < -0.3 is 5.32 Å². The van der Waals surface area contributed by atoms with Gasteiger partial charge in [-0.15, -0.1) is 0 Å². The lowest BCUT2D eigenvalue weighted by Gasteiger charge is -2.17. The zero-order chi connectivity index (χ0) is 20.9. The zero-order valence-corrected chi connectivity index (χ0v) is 19.2. The van der Waals surface area contributed by atoms with E-state index in [2.05, 4.69) is 18.5 Å². The van der Waals surface area contributed by atoms with Crippen molar-refractivity contribution >= 4 is 26.5 Å². The lowest BCUT2D eigenvalue weighted by atomic mass is 10.0. The SMILES string of the molecule is C=C(CCC1CCCC1)NC(=C)SC(=C(C)C)c1ccc(C)c(S(C)(=O)=O)c1. The monoisotopic (exact) mass is 419 g/mol. The first-order valence-electron chi connectivity index (χ1n) is 9.88. The van der Waals surface area contributed by atoms with Crippen LogP contribution in [0.5, 0.6) is 0 Å². The Hall–Kier alpha value is -1.46. The van der Waals surface area contributed by atoms with Crippen molar-refractivity contribution in [2.24, 2.45) is 5.92 Å². The second kappa shape index (κ2) is 9.84. The van der Waals surface area contributed by atoms with Crippen molar-refractivity contribution in [3.05, 3.63) is 58.8 Å². The van der Waals surface area contributed by atoms with E-state index in [1.54, 1.807) is 6.07 Å². The highest BCUT2D eigenvalue weighted by Gasteiger charge is 2.16. The van der Waals surface area contributed by atoms with E-state index in [9.17, 15) is 8.42 Å². The number of sulfone groups is 1. The third kappa shape index (κ3) is 6.56. The van der Waals surface area contributed by atoms with Crippen LogP contribution in [0.3, 0.4) is 0 Å². The van der Waals surface area contributed by atoms with Gasteiger partial charge in [0.1, 0.15) is 0 Å². The number of allylic oxidation sites excluding steroid dienone is 2. The summed E-state index contributed by atoms with van der Waals surface area (Å²) in [6.07, 6.45) is 8.84. The summed E-state index contributed by atoms with van der Waals surface area (Å²) >= 11 is 1.54. The Morgan fingerprint density at radius 2 is 1.86 bits per heavy atom. The Morgan fingerprint density at radius 3 is 2.43 bits per heavy atom. The van der Waals surface area contributed by atoms with Crippen LogP contribution in [0.2, 0.25) is 0 Å².